The molecule has 0 saturated heterocycles. The number of methoxy groups -OCH3 is 1. The second-order valence-electron chi connectivity index (χ2n) is 4.25. The van der Waals surface area contributed by atoms with Crippen molar-refractivity contribution in [3.05, 3.63) is 23.8 Å². The lowest BCUT2D eigenvalue weighted by Gasteiger charge is -2.10. The molecule has 0 aromatic heterocycles. The third-order valence-corrected chi connectivity index (χ3v) is 3.65. The number of carbonyl (C=O) groups excluding carboxylic acids is 1. The van der Waals surface area contributed by atoms with Crippen LogP contribution in [-0.2, 0) is 14.8 Å². The standard InChI is InChI=1S/C13H19NO5S/c1-3-4-5-8-19-10-6-7-12(20(14,16)17)11(9-10)13(15)18-2/h6-7,9H,3-5,8H2,1-2H3,(H2,14,16,17). The van der Waals surface area contributed by atoms with Crippen molar-refractivity contribution >= 4 is 16.0 Å². The summed E-state index contributed by atoms with van der Waals surface area (Å²) in [4.78, 5) is 11.3. The first-order chi connectivity index (χ1) is 9.40. The van der Waals surface area contributed by atoms with E-state index in [1.165, 1.54) is 25.3 Å². The normalized spacial score (nSPS) is 11.2. The minimum atomic E-state index is -3.99. The molecule has 0 heterocycles. The predicted octanol–water partition coefficient (Wildman–Crippen LogP) is 1.69. The molecule has 2 N–H and O–H groups in total. The number of hydrogen-bond donors (Lipinski definition) is 1. The third-order valence-electron chi connectivity index (χ3n) is 2.68. The van der Waals surface area contributed by atoms with Crippen LogP contribution in [0.2, 0.25) is 0 Å². The number of unbranched alkanes of at least 4 members (excludes halogenated alkanes) is 2. The SMILES string of the molecule is CCCCCOc1ccc(S(N)(=O)=O)c(C(=O)OC)c1. The van der Waals surface area contributed by atoms with Crippen LogP contribution >= 0.6 is 0 Å². The van der Waals surface area contributed by atoms with Gasteiger partial charge >= 0.3 is 5.97 Å². The van der Waals surface area contributed by atoms with Crippen molar-refractivity contribution in [2.75, 3.05) is 13.7 Å². The Morgan fingerprint density at radius 1 is 1.30 bits per heavy atom. The van der Waals surface area contributed by atoms with Gasteiger partial charge in [-0.05, 0) is 24.6 Å². The Bertz CT molecular complexity index is 568. The van der Waals surface area contributed by atoms with E-state index in [2.05, 4.69) is 11.7 Å². The maximum Gasteiger partial charge on any atom is 0.339 e. The number of sulfonamides is 1. The van der Waals surface area contributed by atoms with Gasteiger partial charge in [-0.15, -0.1) is 0 Å². The molecule has 0 radical (unpaired) electrons. The summed E-state index contributed by atoms with van der Waals surface area (Å²) in [6.45, 7) is 2.58. The van der Waals surface area contributed by atoms with Gasteiger partial charge in [-0.2, -0.15) is 0 Å². The van der Waals surface area contributed by atoms with Gasteiger partial charge in [0.25, 0.3) is 0 Å². The molecule has 0 aliphatic heterocycles. The molecule has 0 fully saturated rings. The van der Waals surface area contributed by atoms with Gasteiger partial charge in [0.2, 0.25) is 10.0 Å². The Morgan fingerprint density at radius 3 is 2.55 bits per heavy atom. The molecule has 1 aromatic carbocycles. The minimum absolute atomic E-state index is 0.122. The highest BCUT2D eigenvalue weighted by Crippen LogP contribution is 2.22. The maximum atomic E-state index is 11.6. The molecular formula is C13H19NO5S. The number of nitrogens with two attached hydrogens (primary N) is 1. The highest BCUT2D eigenvalue weighted by molar-refractivity contribution is 7.89. The summed E-state index contributed by atoms with van der Waals surface area (Å²) in [5.74, 6) is -0.359. The third kappa shape index (κ3) is 4.50. The number of benzene rings is 1. The van der Waals surface area contributed by atoms with Crippen molar-refractivity contribution in [2.24, 2.45) is 5.14 Å². The van der Waals surface area contributed by atoms with Crippen molar-refractivity contribution in [3.63, 3.8) is 0 Å². The Morgan fingerprint density at radius 2 is 2.00 bits per heavy atom. The summed E-state index contributed by atoms with van der Waals surface area (Å²) >= 11 is 0. The molecule has 0 spiro atoms. The number of hydrogen-bond acceptors (Lipinski definition) is 5. The Kier molecular flexibility index (Phi) is 5.97. The smallest absolute Gasteiger partial charge is 0.339 e. The van der Waals surface area contributed by atoms with E-state index in [4.69, 9.17) is 9.88 Å². The van der Waals surface area contributed by atoms with E-state index in [0.717, 1.165) is 19.3 Å². The van der Waals surface area contributed by atoms with Crippen LogP contribution in [-0.4, -0.2) is 28.1 Å². The zero-order chi connectivity index (χ0) is 15.2. The molecule has 20 heavy (non-hydrogen) atoms. The van der Waals surface area contributed by atoms with Gasteiger partial charge in [0, 0.05) is 0 Å². The lowest BCUT2D eigenvalue weighted by atomic mass is 10.2. The minimum Gasteiger partial charge on any atom is -0.494 e. The van der Waals surface area contributed by atoms with E-state index in [-0.39, 0.29) is 10.5 Å². The molecule has 6 nitrogen and oxygen atoms in total. The van der Waals surface area contributed by atoms with Crippen LogP contribution in [0.3, 0.4) is 0 Å². The number of primary sulfonamides is 1. The van der Waals surface area contributed by atoms with Crippen molar-refractivity contribution in [2.45, 2.75) is 31.1 Å². The average molecular weight is 301 g/mol. The summed E-state index contributed by atoms with van der Waals surface area (Å²) in [5, 5.41) is 5.06. The molecule has 0 bridgehead atoms. The fraction of sp³-hybridized carbons (Fsp3) is 0.462. The van der Waals surface area contributed by atoms with Gasteiger partial charge in [0.1, 0.15) is 5.75 Å². The van der Waals surface area contributed by atoms with Gasteiger partial charge < -0.3 is 9.47 Å². The van der Waals surface area contributed by atoms with Gasteiger partial charge in [0.05, 0.1) is 24.2 Å². The highest BCUT2D eigenvalue weighted by Gasteiger charge is 2.20. The van der Waals surface area contributed by atoms with E-state index in [9.17, 15) is 13.2 Å². The number of ether oxygens (including phenoxy) is 2. The van der Waals surface area contributed by atoms with Crippen LogP contribution in [0.25, 0.3) is 0 Å². The summed E-state index contributed by atoms with van der Waals surface area (Å²) in [5.41, 5.74) is -0.122. The van der Waals surface area contributed by atoms with Crippen LogP contribution in [0.4, 0.5) is 0 Å². The second-order valence-corrected chi connectivity index (χ2v) is 5.78. The molecule has 1 rings (SSSR count). The molecule has 7 heteroatoms. The molecule has 1 aromatic rings. The van der Waals surface area contributed by atoms with Gasteiger partial charge in [0.15, 0.2) is 0 Å². The summed E-state index contributed by atoms with van der Waals surface area (Å²) < 4.78 is 32.9. The molecule has 0 aliphatic rings. The number of esters is 1. The summed E-state index contributed by atoms with van der Waals surface area (Å²) in [7, 11) is -2.82. The second kappa shape index (κ2) is 7.25. The fourth-order valence-corrected chi connectivity index (χ4v) is 2.37. The van der Waals surface area contributed by atoms with E-state index in [0.29, 0.717) is 12.4 Å². The average Bonchev–Trinajstić information content (AvgIpc) is 2.41. The van der Waals surface area contributed by atoms with Crippen LogP contribution in [0.15, 0.2) is 23.1 Å². The van der Waals surface area contributed by atoms with Gasteiger partial charge in [-0.1, -0.05) is 19.8 Å². The Hall–Kier alpha value is -1.60. The largest absolute Gasteiger partial charge is 0.494 e. The molecule has 112 valence electrons. The van der Waals surface area contributed by atoms with Crippen LogP contribution in [0, 0.1) is 0 Å². The molecular weight excluding hydrogens is 282 g/mol. The van der Waals surface area contributed by atoms with Crippen LogP contribution < -0.4 is 9.88 Å². The first-order valence-electron chi connectivity index (χ1n) is 6.28. The van der Waals surface area contributed by atoms with Crippen molar-refractivity contribution in [1.29, 1.82) is 0 Å². The quantitative estimate of drug-likeness (QED) is 0.610. The summed E-state index contributed by atoms with van der Waals surface area (Å²) in [6, 6.07) is 4.05. The van der Waals surface area contributed by atoms with E-state index >= 15 is 0 Å². The van der Waals surface area contributed by atoms with Gasteiger partial charge in [-0.3, -0.25) is 0 Å². The molecule has 0 atom stereocenters. The lowest BCUT2D eigenvalue weighted by Crippen LogP contribution is -2.17. The monoisotopic (exact) mass is 301 g/mol. The number of carbonyl (C=O) groups is 1. The Balaban J connectivity index is 3.00. The molecule has 0 unspecified atom stereocenters. The maximum absolute atomic E-state index is 11.6. The van der Waals surface area contributed by atoms with Crippen molar-refractivity contribution in [1.82, 2.24) is 0 Å². The summed E-state index contributed by atoms with van der Waals surface area (Å²) in [6.07, 6.45) is 3.00. The first kappa shape index (κ1) is 16.5. The van der Waals surface area contributed by atoms with E-state index in [1.807, 2.05) is 0 Å². The van der Waals surface area contributed by atoms with Crippen LogP contribution in [0.1, 0.15) is 36.5 Å². The van der Waals surface area contributed by atoms with E-state index in [1.54, 1.807) is 0 Å². The lowest BCUT2D eigenvalue weighted by molar-refractivity contribution is 0.0595. The first-order valence-corrected chi connectivity index (χ1v) is 7.82. The zero-order valence-electron chi connectivity index (χ0n) is 11.6. The van der Waals surface area contributed by atoms with Crippen molar-refractivity contribution in [3.8, 4) is 5.75 Å². The number of rotatable bonds is 7. The topological polar surface area (TPSA) is 95.7 Å². The highest BCUT2D eigenvalue weighted by atomic mass is 32.2. The zero-order valence-corrected chi connectivity index (χ0v) is 12.4. The fourth-order valence-electron chi connectivity index (χ4n) is 1.66. The predicted molar refractivity (Wildman–Crippen MR) is 74.2 cm³/mol. The molecule has 0 amide bonds. The van der Waals surface area contributed by atoms with E-state index < -0.39 is 16.0 Å². The Labute approximate surface area is 118 Å². The van der Waals surface area contributed by atoms with Crippen LogP contribution in [0.5, 0.6) is 5.75 Å². The molecule has 0 saturated carbocycles. The van der Waals surface area contributed by atoms with Gasteiger partial charge in [-0.25, -0.2) is 18.4 Å². The van der Waals surface area contributed by atoms with Crippen molar-refractivity contribution < 1.29 is 22.7 Å². The molecule has 0 aliphatic carbocycles.